The fourth-order valence-corrected chi connectivity index (χ4v) is 6.35. The van der Waals surface area contributed by atoms with Crippen LogP contribution in [0.25, 0.3) is 66.9 Å². The van der Waals surface area contributed by atoms with Crippen LogP contribution < -0.4 is 0 Å². The van der Waals surface area contributed by atoms with Crippen molar-refractivity contribution in [2.24, 2.45) is 0 Å². The highest BCUT2D eigenvalue weighted by atomic mass is 14.9. The molecule has 0 radical (unpaired) electrons. The zero-order valence-electron chi connectivity index (χ0n) is 25.9. The molecule has 0 fully saturated rings. The molecule has 0 saturated carbocycles. The molecule has 0 N–H and O–H groups in total. The van der Waals surface area contributed by atoms with Crippen molar-refractivity contribution in [3.05, 3.63) is 193 Å². The van der Waals surface area contributed by atoms with Gasteiger partial charge in [0, 0.05) is 16.7 Å². The Balaban J connectivity index is 1.20. The van der Waals surface area contributed by atoms with Crippen LogP contribution in [-0.2, 0) is 6.42 Å². The SMILES string of the molecule is c1ccc(Cc2ccc3ccccc3c2-c2ccc(-c3cc(-c4ccccc4)nc(-c4ccc(-c5ccccc5)cc4)n3)cc2)cc1. The molecule has 0 amide bonds. The average molecular weight is 601 g/mol. The second kappa shape index (κ2) is 12.7. The molecule has 7 aromatic carbocycles. The zero-order chi connectivity index (χ0) is 31.4. The van der Waals surface area contributed by atoms with E-state index >= 15 is 0 Å². The maximum atomic E-state index is 5.12. The van der Waals surface area contributed by atoms with Gasteiger partial charge in [0.2, 0.25) is 0 Å². The van der Waals surface area contributed by atoms with E-state index in [0.717, 1.165) is 34.5 Å². The largest absolute Gasteiger partial charge is 0.228 e. The summed E-state index contributed by atoms with van der Waals surface area (Å²) >= 11 is 0. The Morgan fingerprint density at radius 2 is 0.851 bits per heavy atom. The number of hydrogen-bond donors (Lipinski definition) is 0. The quantitative estimate of drug-likeness (QED) is 0.182. The van der Waals surface area contributed by atoms with Crippen LogP contribution in [0.2, 0.25) is 0 Å². The fourth-order valence-electron chi connectivity index (χ4n) is 6.35. The Hall–Kier alpha value is -6.12. The summed E-state index contributed by atoms with van der Waals surface area (Å²) in [5.41, 5.74) is 12.4. The molecule has 0 aliphatic heterocycles. The Morgan fingerprint density at radius 3 is 1.53 bits per heavy atom. The second-order valence-electron chi connectivity index (χ2n) is 11.8. The number of hydrogen-bond acceptors (Lipinski definition) is 2. The van der Waals surface area contributed by atoms with Crippen LogP contribution in [0, 0.1) is 0 Å². The van der Waals surface area contributed by atoms with Crippen molar-refractivity contribution in [2.45, 2.75) is 6.42 Å². The molecule has 1 aromatic heterocycles. The lowest BCUT2D eigenvalue weighted by molar-refractivity contribution is 1.18. The fraction of sp³-hybridized carbons (Fsp3) is 0.0222. The first-order valence-electron chi connectivity index (χ1n) is 16.0. The van der Waals surface area contributed by atoms with Gasteiger partial charge < -0.3 is 0 Å². The lowest BCUT2D eigenvalue weighted by Crippen LogP contribution is -1.96. The predicted octanol–water partition coefficient (Wildman–Crippen LogP) is 11.6. The maximum Gasteiger partial charge on any atom is 0.160 e. The Kier molecular flexibility index (Phi) is 7.67. The summed E-state index contributed by atoms with van der Waals surface area (Å²) < 4.78 is 0. The summed E-state index contributed by atoms with van der Waals surface area (Å²) in [6.07, 6.45) is 0.877. The third kappa shape index (κ3) is 5.97. The van der Waals surface area contributed by atoms with E-state index in [2.05, 4.69) is 170 Å². The van der Waals surface area contributed by atoms with Crippen LogP contribution in [0.15, 0.2) is 182 Å². The van der Waals surface area contributed by atoms with Crippen LogP contribution >= 0.6 is 0 Å². The van der Waals surface area contributed by atoms with Gasteiger partial charge in [-0.05, 0) is 56.6 Å². The van der Waals surface area contributed by atoms with Crippen molar-refractivity contribution >= 4 is 10.8 Å². The van der Waals surface area contributed by atoms with E-state index in [0.29, 0.717) is 5.82 Å². The average Bonchev–Trinajstić information content (AvgIpc) is 3.16. The van der Waals surface area contributed by atoms with Gasteiger partial charge in [0.15, 0.2) is 5.82 Å². The van der Waals surface area contributed by atoms with Gasteiger partial charge in [-0.15, -0.1) is 0 Å². The van der Waals surface area contributed by atoms with Crippen molar-refractivity contribution in [2.75, 3.05) is 0 Å². The highest BCUT2D eigenvalue weighted by molar-refractivity contribution is 5.98. The minimum absolute atomic E-state index is 0.712. The summed E-state index contributed by atoms with van der Waals surface area (Å²) in [6, 6.07) is 64.2. The maximum absolute atomic E-state index is 5.12. The first-order valence-corrected chi connectivity index (χ1v) is 16.0. The Bertz CT molecular complexity index is 2280. The molecule has 0 spiro atoms. The predicted molar refractivity (Wildman–Crippen MR) is 196 cm³/mol. The third-order valence-corrected chi connectivity index (χ3v) is 8.77. The van der Waals surface area contributed by atoms with Crippen LogP contribution in [0.5, 0.6) is 0 Å². The van der Waals surface area contributed by atoms with Crippen molar-refractivity contribution < 1.29 is 0 Å². The van der Waals surface area contributed by atoms with Crippen molar-refractivity contribution in [3.63, 3.8) is 0 Å². The van der Waals surface area contributed by atoms with Crippen LogP contribution in [0.3, 0.4) is 0 Å². The molecule has 0 aliphatic carbocycles. The van der Waals surface area contributed by atoms with Gasteiger partial charge in [0.25, 0.3) is 0 Å². The zero-order valence-corrected chi connectivity index (χ0v) is 25.9. The van der Waals surface area contributed by atoms with Crippen LogP contribution in [0.1, 0.15) is 11.1 Å². The molecular formula is C45H32N2. The number of rotatable bonds is 7. The van der Waals surface area contributed by atoms with Gasteiger partial charge in [-0.25, -0.2) is 9.97 Å². The third-order valence-electron chi connectivity index (χ3n) is 8.77. The minimum atomic E-state index is 0.712. The highest BCUT2D eigenvalue weighted by Crippen LogP contribution is 2.36. The van der Waals surface area contributed by atoms with E-state index in [-0.39, 0.29) is 0 Å². The molecule has 0 atom stereocenters. The van der Waals surface area contributed by atoms with Gasteiger partial charge in [-0.3, -0.25) is 0 Å². The molecule has 8 aromatic rings. The first kappa shape index (κ1) is 28.4. The highest BCUT2D eigenvalue weighted by Gasteiger charge is 2.14. The monoisotopic (exact) mass is 600 g/mol. The van der Waals surface area contributed by atoms with E-state index in [1.165, 1.54) is 44.2 Å². The summed E-state index contributed by atoms with van der Waals surface area (Å²) in [6.45, 7) is 0. The standard InChI is InChI=1S/C45H32N2/c1-4-12-32(13-5-1)30-40-29-22-35-16-10-11-19-41(35)44(40)38-25-23-37(24-26-38)43-31-42(36-17-8-3-9-18-36)46-45(47-43)39-27-20-34(21-28-39)33-14-6-2-7-15-33/h1-29,31H,30H2. The van der Waals surface area contributed by atoms with Gasteiger partial charge in [-0.1, -0.05) is 176 Å². The molecule has 0 saturated heterocycles. The molecular weight excluding hydrogens is 569 g/mol. The Morgan fingerprint density at radius 1 is 0.362 bits per heavy atom. The molecule has 2 heteroatoms. The van der Waals surface area contributed by atoms with E-state index < -0.39 is 0 Å². The summed E-state index contributed by atoms with van der Waals surface area (Å²) in [5, 5.41) is 2.51. The number of aromatic nitrogens is 2. The van der Waals surface area contributed by atoms with Crippen LogP contribution in [-0.4, -0.2) is 9.97 Å². The van der Waals surface area contributed by atoms with Crippen molar-refractivity contribution in [1.29, 1.82) is 0 Å². The Labute approximate surface area is 275 Å². The summed E-state index contributed by atoms with van der Waals surface area (Å²) in [4.78, 5) is 10.2. The number of fused-ring (bicyclic) bond motifs is 1. The molecule has 0 bridgehead atoms. The molecule has 0 unspecified atom stereocenters. The van der Waals surface area contributed by atoms with Gasteiger partial charge in [0.1, 0.15) is 0 Å². The number of benzene rings is 7. The van der Waals surface area contributed by atoms with Gasteiger partial charge >= 0.3 is 0 Å². The first-order chi connectivity index (χ1) is 23.3. The topological polar surface area (TPSA) is 25.8 Å². The lowest BCUT2D eigenvalue weighted by atomic mass is 9.89. The van der Waals surface area contributed by atoms with Crippen LogP contribution in [0.4, 0.5) is 0 Å². The van der Waals surface area contributed by atoms with E-state index in [4.69, 9.17) is 9.97 Å². The van der Waals surface area contributed by atoms with Crippen molar-refractivity contribution in [3.8, 4) is 56.2 Å². The molecule has 222 valence electrons. The van der Waals surface area contributed by atoms with E-state index in [9.17, 15) is 0 Å². The van der Waals surface area contributed by atoms with Gasteiger partial charge in [-0.2, -0.15) is 0 Å². The molecule has 8 rings (SSSR count). The molecule has 1 heterocycles. The number of nitrogens with zero attached hydrogens (tertiary/aromatic N) is 2. The van der Waals surface area contributed by atoms with E-state index in [1.807, 2.05) is 12.1 Å². The normalized spacial score (nSPS) is 11.1. The smallest absolute Gasteiger partial charge is 0.160 e. The molecule has 0 aliphatic rings. The van der Waals surface area contributed by atoms with Gasteiger partial charge in [0.05, 0.1) is 11.4 Å². The molecule has 2 nitrogen and oxygen atoms in total. The minimum Gasteiger partial charge on any atom is -0.228 e. The summed E-state index contributed by atoms with van der Waals surface area (Å²) in [7, 11) is 0. The second-order valence-corrected chi connectivity index (χ2v) is 11.8. The van der Waals surface area contributed by atoms with E-state index in [1.54, 1.807) is 0 Å². The lowest BCUT2D eigenvalue weighted by Gasteiger charge is -2.15. The van der Waals surface area contributed by atoms with Crippen molar-refractivity contribution in [1.82, 2.24) is 9.97 Å². The molecule has 47 heavy (non-hydrogen) atoms. The summed E-state index contributed by atoms with van der Waals surface area (Å²) in [5.74, 6) is 0.712.